The van der Waals surface area contributed by atoms with E-state index in [1.165, 1.54) is 19.3 Å². The van der Waals surface area contributed by atoms with E-state index in [-0.39, 0.29) is 12.6 Å². The molecule has 39 heavy (non-hydrogen) atoms. The lowest BCUT2D eigenvalue weighted by Crippen LogP contribution is -2.48. The van der Waals surface area contributed by atoms with Crippen molar-refractivity contribution in [2.24, 2.45) is 5.92 Å². The predicted molar refractivity (Wildman–Crippen MR) is 181 cm³/mol. The van der Waals surface area contributed by atoms with Crippen molar-refractivity contribution in [2.75, 3.05) is 57.0 Å². The molecular formula is C31H59BBrClN4O. The molecule has 0 aliphatic carbocycles. The Balaban J connectivity index is -0.000000940. The molecule has 1 aromatic carbocycles. The van der Waals surface area contributed by atoms with Gasteiger partial charge < -0.3 is 9.80 Å². The fraction of sp³-hybridized carbons (Fsp3) is 0.742. The standard InChI is InChI=1S/C20H28BClN4O.C3H7Br.4C2H6/c1-24(2)20(27)18-4-3-17(13-19(18)22)26-11-9-25(10-12-26)14-16-5-7-21(15-23)8-6-16;1-2-3-4;4*1-2/h3-4,13,16H,5-12,14H2,1-2H3;2-3H2,1H3;4*1-2H3. The minimum absolute atomic E-state index is 0.0671. The van der Waals surface area contributed by atoms with E-state index in [9.17, 15) is 4.79 Å². The molecule has 0 N–H and O–H groups in total. The summed E-state index contributed by atoms with van der Waals surface area (Å²) >= 11 is 9.61. The van der Waals surface area contributed by atoms with Crippen molar-refractivity contribution >= 4 is 45.8 Å². The maximum absolute atomic E-state index is 12.1. The molecule has 0 spiro atoms. The Kier molecular flexibility index (Phi) is 30.7. The normalized spacial score (nSPS) is 14.6. The second-order valence-corrected chi connectivity index (χ2v) is 9.89. The SMILES string of the molecule is CC.CC.CC.CC.CCCBr.CN(C)C(=O)c1ccc(N2CCN(CC3CCB(C#N)CC3)CC2)cc1Cl. The first-order valence-electron chi connectivity index (χ1n) is 15.3. The van der Waals surface area contributed by atoms with Gasteiger partial charge in [-0.1, -0.05) is 115 Å². The number of carbonyl (C=O) groups excluding carboxylic acids is 1. The van der Waals surface area contributed by atoms with Gasteiger partial charge in [0.15, 0.2) is 0 Å². The Labute approximate surface area is 256 Å². The molecule has 226 valence electrons. The van der Waals surface area contributed by atoms with Gasteiger partial charge in [0.1, 0.15) is 0 Å². The molecule has 2 heterocycles. The van der Waals surface area contributed by atoms with E-state index < -0.39 is 0 Å². The first-order chi connectivity index (χ1) is 18.9. The van der Waals surface area contributed by atoms with Gasteiger partial charge in [0.2, 0.25) is 0 Å². The summed E-state index contributed by atoms with van der Waals surface area (Å²) < 4.78 is 0. The van der Waals surface area contributed by atoms with E-state index in [2.05, 4.69) is 38.6 Å². The summed E-state index contributed by atoms with van der Waals surface area (Å²) in [5.41, 5.74) is 1.64. The van der Waals surface area contributed by atoms with Crippen LogP contribution in [-0.2, 0) is 0 Å². The molecule has 0 radical (unpaired) electrons. The maximum Gasteiger partial charge on any atom is 0.267 e. The minimum atomic E-state index is -0.0671. The minimum Gasteiger partial charge on any atom is -0.369 e. The number of nitriles is 1. The van der Waals surface area contributed by atoms with Gasteiger partial charge in [-0.15, -0.1) is 0 Å². The number of carbonyl (C=O) groups is 1. The van der Waals surface area contributed by atoms with Gasteiger partial charge in [0, 0.05) is 63.8 Å². The highest BCUT2D eigenvalue weighted by Gasteiger charge is 2.27. The molecule has 1 aromatic rings. The Bertz CT molecular complexity index is 743. The maximum atomic E-state index is 12.1. The van der Waals surface area contributed by atoms with Crippen molar-refractivity contribution in [3.63, 3.8) is 0 Å². The van der Waals surface area contributed by atoms with E-state index in [0.29, 0.717) is 10.6 Å². The lowest BCUT2D eigenvalue weighted by atomic mass is 9.42. The Morgan fingerprint density at radius 3 is 1.90 bits per heavy atom. The van der Waals surface area contributed by atoms with Crippen molar-refractivity contribution in [3.8, 4) is 5.97 Å². The number of benzene rings is 1. The van der Waals surface area contributed by atoms with E-state index in [1.54, 1.807) is 19.0 Å². The fourth-order valence-corrected chi connectivity index (χ4v) is 4.40. The number of hydrogen-bond donors (Lipinski definition) is 0. The van der Waals surface area contributed by atoms with Gasteiger partial charge in [-0.25, -0.2) is 5.26 Å². The molecule has 5 nitrogen and oxygen atoms in total. The van der Waals surface area contributed by atoms with Crippen molar-refractivity contribution < 1.29 is 4.79 Å². The van der Waals surface area contributed by atoms with E-state index in [0.717, 1.165) is 62.3 Å². The van der Waals surface area contributed by atoms with Gasteiger partial charge in [0.05, 0.1) is 10.6 Å². The molecule has 0 saturated carbocycles. The average Bonchev–Trinajstić information content (AvgIpc) is 3.01. The molecule has 1 amide bonds. The van der Waals surface area contributed by atoms with Gasteiger partial charge in [0.25, 0.3) is 12.6 Å². The first kappa shape index (κ1) is 42.2. The molecule has 2 saturated heterocycles. The second kappa shape index (κ2) is 28.3. The number of hydrogen-bond acceptors (Lipinski definition) is 4. The number of anilines is 1. The lowest BCUT2D eigenvalue weighted by Gasteiger charge is -2.38. The molecule has 2 aliphatic rings. The molecule has 0 bridgehead atoms. The number of rotatable bonds is 5. The molecule has 0 aromatic heterocycles. The molecular weight excluding hydrogens is 571 g/mol. The third kappa shape index (κ3) is 17.2. The molecule has 3 rings (SSSR count). The van der Waals surface area contributed by atoms with Crippen LogP contribution >= 0.6 is 27.5 Å². The van der Waals surface area contributed by atoms with Gasteiger partial charge >= 0.3 is 0 Å². The third-order valence-corrected chi connectivity index (χ3v) is 7.17. The summed E-state index contributed by atoms with van der Waals surface area (Å²) in [5, 5.41) is 10.7. The first-order valence-corrected chi connectivity index (χ1v) is 16.8. The van der Waals surface area contributed by atoms with Crippen LogP contribution in [0, 0.1) is 17.1 Å². The average molecular weight is 630 g/mol. The predicted octanol–water partition coefficient (Wildman–Crippen LogP) is 9.03. The van der Waals surface area contributed by atoms with Crippen molar-refractivity contribution in [2.45, 2.75) is 94.2 Å². The van der Waals surface area contributed by atoms with E-state index in [4.69, 9.17) is 16.9 Å². The molecule has 2 aliphatic heterocycles. The second-order valence-electron chi connectivity index (χ2n) is 8.69. The van der Waals surface area contributed by atoms with E-state index in [1.807, 2.05) is 73.6 Å². The van der Waals surface area contributed by atoms with Crippen molar-refractivity contribution in [1.82, 2.24) is 9.80 Å². The summed E-state index contributed by atoms with van der Waals surface area (Å²) in [6.07, 6.45) is 5.75. The van der Waals surface area contributed by atoms with Crippen LogP contribution in [0.1, 0.15) is 91.9 Å². The molecule has 8 heteroatoms. The van der Waals surface area contributed by atoms with Crippen LogP contribution in [0.4, 0.5) is 5.69 Å². The van der Waals surface area contributed by atoms with Crippen LogP contribution in [0.5, 0.6) is 0 Å². The zero-order valence-corrected chi connectivity index (χ0v) is 29.5. The highest BCUT2D eigenvalue weighted by Crippen LogP contribution is 2.28. The monoisotopic (exact) mass is 628 g/mol. The summed E-state index contributed by atoms with van der Waals surface area (Å²) in [4.78, 5) is 18.6. The summed E-state index contributed by atoms with van der Waals surface area (Å²) in [5.74, 6) is 3.09. The van der Waals surface area contributed by atoms with Gasteiger partial charge in [-0.05, 0) is 30.5 Å². The van der Waals surface area contributed by atoms with Gasteiger partial charge in [-0.2, -0.15) is 0 Å². The number of piperazine rings is 1. The fourth-order valence-electron chi connectivity index (χ4n) is 4.14. The van der Waals surface area contributed by atoms with Crippen LogP contribution in [-0.4, -0.2) is 74.6 Å². The topological polar surface area (TPSA) is 50.6 Å². The molecule has 2 fully saturated rings. The van der Waals surface area contributed by atoms with Crippen LogP contribution in [0.25, 0.3) is 0 Å². The number of halogens is 2. The molecule has 0 atom stereocenters. The lowest BCUT2D eigenvalue weighted by molar-refractivity contribution is 0.0828. The van der Waals surface area contributed by atoms with Crippen LogP contribution in [0.2, 0.25) is 17.7 Å². The van der Waals surface area contributed by atoms with Crippen molar-refractivity contribution in [3.05, 3.63) is 28.8 Å². The zero-order chi connectivity index (χ0) is 30.8. The number of nitrogens with zero attached hydrogens (tertiary/aromatic N) is 4. The highest BCUT2D eigenvalue weighted by molar-refractivity contribution is 9.09. The Morgan fingerprint density at radius 2 is 1.51 bits per heavy atom. The Hall–Kier alpha value is -1.23. The number of amides is 1. The zero-order valence-electron chi connectivity index (χ0n) is 27.1. The smallest absolute Gasteiger partial charge is 0.267 e. The summed E-state index contributed by atoms with van der Waals surface area (Å²) in [7, 11) is 3.47. The van der Waals surface area contributed by atoms with E-state index >= 15 is 0 Å². The van der Waals surface area contributed by atoms with Crippen molar-refractivity contribution in [1.29, 1.82) is 5.26 Å². The van der Waals surface area contributed by atoms with Crippen LogP contribution < -0.4 is 4.90 Å². The van der Waals surface area contributed by atoms with Crippen LogP contribution in [0.15, 0.2) is 18.2 Å². The van der Waals surface area contributed by atoms with Gasteiger partial charge in [-0.3, -0.25) is 9.69 Å². The highest BCUT2D eigenvalue weighted by atomic mass is 79.9. The number of alkyl halides is 1. The summed E-state index contributed by atoms with van der Waals surface area (Å²) in [6.45, 7) is 23.6. The quantitative estimate of drug-likeness (QED) is 0.241. The largest absolute Gasteiger partial charge is 0.369 e. The Morgan fingerprint density at radius 1 is 1.03 bits per heavy atom. The summed E-state index contributed by atoms with van der Waals surface area (Å²) in [6, 6.07) is 5.75. The third-order valence-electron chi connectivity index (χ3n) is 6.06. The molecule has 0 unspecified atom stereocenters. The van der Waals surface area contributed by atoms with Crippen LogP contribution in [0.3, 0.4) is 0 Å².